The van der Waals surface area contributed by atoms with Gasteiger partial charge in [-0.05, 0) is 38.3 Å². The van der Waals surface area contributed by atoms with Crippen LogP contribution < -0.4 is 4.90 Å². The Morgan fingerprint density at radius 3 is 2.64 bits per heavy atom. The van der Waals surface area contributed by atoms with Crippen LogP contribution >= 0.6 is 11.3 Å². The molecular formula is C20H27N5O2S. The average molecular weight is 402 g/mol. The smallest absolute Gasteiger partial charge is 0.266 e. The van der Waals surface area contributed by atoms with Crippen LogP contribution in [0.2, 0.25) is 0 Å². The van der Waals surface area contributed by atoms with Gasteiger partial charge in [-0.3, -0.25) is 9.59 Å². The van der Waals surface area contributed by atoms with Crippen LogP contribution in [0, 0.1) is 6.92 Å². The number of likely N-dealkylation sites (N-methyl/N-ethyl adjacent to an activating group) is 1. The Kier molecular flexibility index (Phi) is 6.61. The highest BCUT2D eigenvalue weighted by Crippen LogP contribution is 2.17. The summed E-state index contributed by atoms with van der Waals surface area (Å²) in [4.78, 5) is 40.7. The molecular weight excluding hydrogens is 374 g/mol. The van der Waals surface area contributed by atoms with Crippen molar-refractivity contribution in [2.75, 3.05) is 45.2 Å². The fourth-order valence-corrected chi connectivity index (χ4v) is 4.01. The molecule has 0 N–H and O–H groups in total. The van der Waals surface area contributed by atoms with Crippen molar-refractivity contribution >= 4 is 29.0 Å². The number of carbonyl (C=O) groups excluding carboxylic acids is 2. The van der Waals surface area contributed by atoms with E-state index in [1.165, 1.54) is 11.3 Å². The lowest BCUT2D eigenvalue weighted by molar-refractivity contribution is -0.130. The van der Waals surface area contributed by atoms with Crippen LogP contribution in [0.25, 0.3) is 0 Å². The van der Waals surface area contributed by atoms with Gasteiger partial charge in [0.2, 0.25) is 5.91 Å². The maximum Gasteiger partial charge on any atom is 0.266 e. The summed E-state index contributed by atoms with van der Waals surface area (Å²) >= 11 is 1.33. The van der Waals surface area contributed by atoms with E-state index in [9.17, 15) is 9.59 Å². The Morgan fingerprint density at radius 2 is 1.89 bits per heavy atom. The SMILES string of the molecule is Cc1ncsc1C(=O)N1CCCc2cccc(n2)N(C)CCCN(C)C(=O)C1. The molecule has 0 unspecified atom stereocenters. The van der Waals surface area contributed by atoms with E-state index in [4.69, 9.17) is 4.98 Å². The maximum atomic E-state index is 13.0. The zero-order chi connectivity index (χ0) is 20.1. The number of aryl methyl sites for hydroxylation is 2. The molecule has 2 aromatic rings. The number of amides is 2. The molecule has 28 heavy (non-hydrogen) atoms. The van der Waals surface area contributed by atoms with Crippen LogP contribution in [0.15, 0.2) is 23.7 Å². The third-order valence-electron chi connectivity index (χ3n) is 5.01. The number of hydrogen-bond acceptors (Lipinski definition) is 6. The van der Waals surface area contributed by atoms with Crippen molar-refractivity contribution in [2.24, 2.45) is 0 Å². The number of anilines is 1. The molecule has 0 aliphatic carbocycles. The number of carbonyl (C=O) groups is 2. The second-order valence-corrected chi connectivity index (χ2v) is 8.03. The summed E-state index contributed by atoms with van der Waals surface area (Å²) in [6, 6.07) is 6.05. The van der Waals surface area contributed by atoms with Crippen molar-refractivity contribution in [2.45, 2.75) is 26.2 Å². The Morgan fingerprint density at radius 1 is 1.11 bits per heavy atom. The standard InChI is InChI=1S/C20H27N5O2S/c1-15-19(28-14-21-15)20(27)25-12-5-8-16-7-4-9-17(22-16)23(2)10-6-11-24(3)18(26)13-25/h4,7,9,14H,5-6,8,10-13H2,1-3H3. The summed E-state index contributed by atoms with van der Waals surface area (Å²) in [6.45, 7) is 3.89. The molecule has 150 valence electrons. The normalized spacial score (nSPS) is 16.8. The predicted octanol–water partition coefficient (Wildman–Crippen LogP) is 2.22. The number of hydrogen-bond donors (Lipinski definition) is 0. The van der Waals surface area contributed by atoms with E-state index in [0.29, 0.717) is 23.7 Å². The fraction of sp³-hybridized carbons (Fsp3) is 0.500. The summed E-state index contributed by atoms with van der Waals surface area (Å²) in [5.41, 5.74) is 3.39. The van der Waals surface area contributed by atoms with Gasteiger partial charge < -0.3 is 14.7 Å². The highest BCUT2D eigenvalue weighted by Gasteiger charge is 2.23. The molecule has 2 bridgehead atoms. The summed E-state index contributed by atoms with van der Waals surface area (Å²) < 4.78 is 0. The Hall–Kier alpha value is -2.48. The third-order valence-corrected chi connectivity index (χ3v) is 5.93. The zero-order valence-corrected chi connectivity index (χ0v) is 17.5. The van der Waals surface area contributed by atoms with Crippen LogP contribution in [0.5, 0.6) is 0 Å². The fourth-order valence-electron chi connectivity index (χ4n) is 3.24. The highest BCUT2D eigenvalue weighted by molar-refractivity contribution is 7.11. The van der Waals surface area contributed by atoms with E-state index in [-0.39, 0.29) is 18.4 Å². The molecule has 0 aromatic carbocycles. The monoisotopic (exact) mass is 401 g/mol. The van der Waals surface area contributed by atoms with E-state index in [2.05, 4.69) is 9.88 Å². The van der Waals surface area contributed by atoms with E-state index < -0.39 is 0 Å². The van der Waals surface area contributed by atoms with Gasteiger partial charge in [0.1, 0.15) is 17.2 Å². The highest BCUT2D eigenvalue weighted by atomic mass is 32.1. The Balaban J connectivity index is 1.81. The lowest BCUT2D eigenvalue weighted by Gasteiger charge is -2.27. The number of fused-ring (bicyclic) bond motifs is 2. The van der Waals surface area contributed by atoms with Crippen LogP contribution in [-0.2, 0) is 11.2 Å². The number of pyridine rings is 1. The first-order chi connectivity index (χ1) is 13.5. The maximum absolute atomic E-state index is 13.0. The van der Waals surface area contributed by atoms with Gasteiger partial charge in [0.15, 0.2) is 0 Å². The molecule has 8 heteroatoms. The Bertz CT molecular complexity index is 838. The van der Waals surface area contributed by atoms with Crippen LogP contribution in [0.3, 0.4) is 0 Å². The van der Waals surface area contributed by atoms with Crippen molar-refractivity contribution < 1.29 is 9.59 Å². The summed E-state index contributed by atoms with van der Waals surface area (Å²) in [5, 5.41) is 0. The minimum absolute atomic E-state index is 0.0353. The first kappa shape index (κ1) is 20.3. The number of aromatic nitrogens is 2. The molecule has 0 fully saturated rings. The lowest BCUT2D eigenvalue weighted by Crippen LogP contribution is -2.42. The molecule has 0 spiro atoms. The molecule has 0 saturated carbocycles. The van der Waals surface area contributed by atoms with Crippen LogP contribution in [0.4, 0.5) is 5.82 Å². The second kappa shape index (κ2) is 9.14. The average Bonchev–Trinajstić information content (AvgIpc) is 3.11. The minimum atomic E-state index is -0.115. The molecule has 0 atom stereocenters. The van der Waals surface area contributed by atoms with E-state index in [1.54, 1.807) is 22.4 Å². The van der Waals surface area contributed by atoms with E-state index in [0.717, 1.165) is 37.3 Å². The van der Waals surface area contributed by atoms with Gasteiger partial charge in [-0.1, -0.05) is 6.07 Å². The number of thiazole rings is 1. The molecule has 3 rings (SSSR count). The molecule has 2 amide bonds. The first-order valence-electron chi connectivity index (χ1n) is 9.56. The molecule has 0 radical (unpaired) electrons. The van der Waals surface area contributed by atoms with Gasteiger partial charge in [-0.2, -0.15) is 0 Å². The predicted molar refractivity (Wildman–Crippen MR) is 111 cm³/mol. The molecule has 3 heterocycles. The van der Waals surface area contributed by atoms with Gasteiger partial charge in [0.25, 0.3) is 5.91 Å². The first-order valence-corrected chi connectivity index (χ1v) is 10.4. The quantitative estimate of drug-likeness (QED) is 0.733. The summed E-state index contributed by atoms with van der Waals surface area (Å²) in [5.74, 6) is 0.791. The number of rotatable bonds is 1. The summed E-state index contributed by atoms with van der Waals surface area (Å²) in [7, 11) is 3.82. The molecule has 1 aliphatic heterocycles. The van der Waals surface area contributed by atoms with Gasteiger partial charge in [-0.25, -0.2) is 9.97 Å². The van der Waals surface area contributed by atoms with E-state index in [1.807, 2.05) is 32.2 Å². The Labute approximate surface area is 170 Å². The third kappa shape index (κ3) is 4.86. The van der Waals surface area contributed by atoms with Crippen molar-refractivity contribution in [3.63, 3.8) is 0 Å². The van der Waals surface area contributed by atoms with Crippen molar-refractivity contribution in [1.29, 1.82) is 0 Å². The number of nitrogens with zero attached hydrogens (tertiary/aromatic N) is 5. The molecule has 1 aliphatic rings. The van der Waals surface area contributed by atoms with Gasteiger partial charge in [0, 0.05) is 39.4 Å². The van der Waals surface area contributed by atoms with Crippen LogP contribution in [0.1, 0.15) is 33.9 Å². The lowest BCUT2D eigenvalue weighted by atomic mass is 10.2. The zero-order valence-electron chi connectivity index (χ0n) is 16.7. The summed E-state index contributed by atoms with van der Waals surface area (Å²) in [6.07, 6.45) is 2.35. The van der Waals surface area contributed by atoms with Crippen molar-refractivity contribution in [3.05, 3.63) is 40.0 Å². The van der Waals surface area contributed by atoms with Gasteiger partial charge >= 0.3 is 0 Å². The van der Waals surface area contributed by atoms with Crippen molar-refractivity contribution in [3.8, 4) is 0 Å². The van der Waals surface area contributed by atoms with Crippen LogP contribution in [-0.4, -0.2) is 71.9 Å². The molecule has 2 aromatic heterocycles. The van der Waals surface area contributed by atoms with Crippen molar-refractivity contribution in [1.82, 2.24) is 19.8 Å². The molecule has 0 saturated heterocycles. The molecule has 7 nitrogen and oxygen atoms in total. The minimum Gasteiger partial charge on any atom is -0.360 e. The van der Waals surface area contributed by atoms with Gasteiger partial charge in [0.05, 0.1) is 11.2 Å². The largest absolute Gasteiger partial charge is 0.360 e. The van der Waals surface area contributed by atoms with Gasteiger partial charge in [-0.15, -0.1) is 11.3 Å². The van der Waals surface area contributed by atoms with E-state index >= 15 is 0 Å². The topological polar surface area (TPSA) is 69.6 Å². The second-order valence-electron chi connectivity index (χ2n) is 7.17.